The predicted octanol–water partition coefficient (Wildman–Crippen LogP) is 6.29. The molecule has 124 valence electrons. The van der Waals surface area contributed by atoms with Gasteiger partial charge in [-0.05, 0) is 60.9 Å². The van der Waals surface area contributed by atoms with Crippen LogP contribution in [-0.4, -0.2) is 0 Å². The lowest BCUT2D eigenvalue weighted by atomic mass is 10.1. The van der Waals surface area contributed by atoms with E-state index in [0.717, 1.165) is 18.0 Å². The first-order valence-electron chi connectivity index (χ1n) is 7.84. The second kappa shape index (κ2) is 8.55. The van der Waals surface area contributed by atoms with Gasteiger partial charge in [0, 0.05) is 12.2 Å². The molecule has 0 bridgehead atoms. The number of benzene rings is 3. The van der Waals surface area contributed by atoms with Crippen LogP contribution in [0.5, 0.6) is 11.5 Å². The highest BCUT2D eigenvalue weighted by molar-refractivity contribution is 8.93. The first kappa shape index (κ1) is 18.1. The predicted molar refractivity (Wildman–Crippen MR) is 107 cm³/mol. The van der Waals surface area contributed by atoms with Crippen LogP contribution in [0, 0.1) is 13.8 Å². The molecule has 1 N–H and O–H groups in total. The zero-order valence-corrected chi connectivity index (χ0v) is 15.7. The Morgan fingerprint density at radius 2 is 1.50 bits per heavy atom. The maximum absolute atomic E-state index is 5.89. The lowest BCUT2D eigenvalue weighted by Crippen LogP contribution is -2.02. The fourth-order valence-electron chi connectivity index (χ4n) is 2.48. The summed E-state index contributed by atoms with van der Waals surface area (Å²) in [6.07, 6.45) is 0. The van der Waals surface area contributed by atoms with Crippen molar-refractivity contribution in [3.8, 4) is 11.5 Å². The number of hydrogen-bond donors (Lipinski definition) is 1. The van der Waals surface area contributed by atoms with Crippen molar-refractivity contribution in [3.63, 3.8) is 0 Å². The van der Waals surface area contributed by atoms with Crippen molar-refractivity contribution in [2.24, 2.45) is 0 Å². The van der Waals surface area contributed by atoms with Gasteiger partial charge in [0.15, 0.2) is 0 Å². The summed E-state index contributed by atoms with van der Waals surface area (Å²) in [4.78, 5) is 0. The molecular weight excluding hydrogens is 362 g/mol. The number of para-hydroxylation sites is 1. The molecule has 3 aromatic rings. The standard InChI is InChI=1S/C21H21NO.BrH/c1-16-8-6-13-21(17(16)2)22-15-18-9-7-12-20(14-18)23-19-10-4-3-5-11-19;/h3-14,22H,15H2,1-2H3;1H. The van der Waals surface area contributed by atoms with Gasteiger partial charge < -0.3 is 10.1 Å². The summed E-state index contributed by atoms with van der Waals surface area (Å²) in [5.74, 6) is 1.71. The summed E-state index contributed by atoms with van der Waals surface area (Å²) < 4.78 is 5.89. The Bertz CT molecular complexity index is 787. The monoisotopic (exact) mass is 383 g/mol. The minimum Gasteiger partial charge on any atom is -0.457 e. The molecule has 3 rings (SSSR count). The summed E-state index contributed by atoms with van der Waals surface area (Å²) in [7, 11) is 0. The molecule has 3 heteroatoms. The average Bonchev–Trinajstić information content (AvgIpc) is 2.57. The van der Waals surface area contributed by atoms with Crippen molar-refractivity contribution in [2.45, 2.75) is 20.4 Å². The lowest BCUT2D eigenvalue weighted by molar-refractivity contribution is 0.482. The van der Waals surface area contributed by atoms with E-state index in [9.17, 15) is 0 Å². The first-order valence-corrected chi connectivity index (χ1v) is 7.84. The Balaban J connectivity index is 0.00000208. The Labute approximate surface area is 154 Å². The summed E-state index contributed by atoms with van der Waals surface area (Å²) in [5, 5.41) is 3.51. The van der Waals surface area contributed by atoms with E-state index in [-0.39, 0.29) is 17.0 Å². The normalized spacial score (nSPS) is 9.92. The lowest BCUT2D eigenvalue weighted by Gasteiger charge is -2.12. The molecule has 0 saturated carbocycles. The van der Waals surface area contributed by atoms with Crippen LogP contribution in [0.4, 0.5) is 5.69 Å². The zero-order valence-electron chi connectivity index (χ0n) is 14.0. The molecule has 0 aliphatic rings. The summed E-state index contributed by atoms with van der Waals surface area (Å²) in [5.41, 5.74) is 4.97. The van der Waals surface area contributed by atoms with Crippen molar-refractivity contribution in [2.75, 3.05) is 5.32 Å². The van der Waals surface area contributed by atoms with E-state index in [4.69, 9.17) is 4.74 Å². The molecule has 0 aliphatic carbocycles. The Kier molecular flexibility index (Phi) is 6.44. The minimum absolute atomic E-state index is 0. The van der Waals surface area contributed by atoms with Gasteiger partial charge in [-0.25, -0.2) is 0 Å². The quantitative estimate of drug-likeness (QED) is 0.559. The number of ether oxygens (including phenoxy) is 1. The minimum atomic E-state index is 0. The molecular formula is C21H22BrNO. The molecule has 0 aromatic heterocycles. The molecule has 0 aliphatic heterocycles. The van der Waals surface area contributed by atoms with Crippen LogP contribution in [0.25, 0.3) is 0 Å². The van der Waals surface area contributed by atoms with Crippen LogP contribution in [0.2, 0.25) is 0 Å². The highest BCUT2D eigenvalue weighted by atomic mass is 79.9. The number of hydrogen-bond acceptors (Lipinski definition) is 2. The summed E-state index contributed by atoms with van der Waals surface area (Å²) in [6.45, 7) is 5.05. The maximum atomic E-state index is 5.89. The third kappa shape index (κ3) is 4.62. The van der Waals surface area contributed by atoms with E-state index in [2.05, 4.69) is 49.5 Å². The molecule has 0 radical (unpaired) electrons. The number of anilines is 1. The largest absolute Gasteiger partial charge is 0.457 e. The van der Waals surface area contributed by atoms with Gasteiger partial charge >= 0.3 is 0 Å². The van der Waals surface area contributed by atoms with Crippen molar-refractivity contribution < 1.29 is 4.74 Å². The van der Waals surface area contributed by atoms with Gasteiger partial charge in [-0.15, -0.1) is 17.0 Å². The van der Waals surface area contributed by atoms with Gasteiger partial charge in [0.25, 0.3) is 0 Å². The molecule has 24 heavy (non-hydrogen) atoms. The van der Waals surface area contributed by atoms with Crippen molar-refractivity contribution in [1.29, 1.82) is 0 Å². The average molecular weight is 384 g/mol. The van der Waals surface area contributed by atoms with Crippen molar-refractivity contribution >= 4 is 22.7 Å². The second-order valence-electron chi connectivity index (χ2n) is 5.66. The summed E-state index contributed by atoms with van der Waals surface area (Å²) >= 11 is 0. The Morgan fingerprint density at radius 3 is 2.29 bits per heavy atom. The van der Waals surface area contributed by atoms with Crippen LogP contribution in [0.15, 0.2) is 72.8 Å². The van der Waals surface area contributed by atoms with Crippen LogP contribution >= 0.6 is 17.0 Å². The maximum Gasteiger partial charge on any atom is 0.127 e. The van der Waals surface area contributed by atoms with Gasteiger partial charge in [0.05, 0.1) is 0 Å². The Morgan fingerprint density at radius 1 is 0.792 bits per heavy atom. The smallest absolute Gasteiger partial charge is 0.127 e. The number of aryl methyl sites for hydroxylation is 1. The fourth-order valence-corrected chi connectivity index (χ4v) is 2.48. The van der Waals surface area contributed by atoms with Crippen molar-refractivity contribution in [1.82, 2.24) is 0 Å². The van der Waals surface area contributed by atoms with Gasteiger partial charge in [0.1, 0.15) is 11.5 Å². The molecule has 0 saturated heterocycles. The van der Waals surface area contributed by atoms with Crippen molar-refractivity contribution in [3.05, 3.63) is 89.5 Å². The number of nitrogens with one attached hydrogen (secondary N) is 1. The first-order chi connectivity index (χ1) is 11.2. The van der Waals surface area contributed by atoms with Crippen LogP contribution in [0.3, 0.4) is 0 Å². The molecule has 0 unspecified atom stereocenters. The molecule has 3 aromatic carbocycles. The summed E-state index contributed by atoms with van der Waals surface area (Å²) in [6, 6.07) is 24.4. The molecule has 0 spiro atoms. The van der Waals surface area contributed by atoms with Gasteiger partial charge in [0.2, 0.25) is 0 Å². The zero-order chi connectivity index (χ0) is 16.1. The topological polar surface area (TPSA) is 21.3 Å². The number of halogens is 1. The Hall–Kier alpha value is -2.26. The molecule has 0 heterocycles. The SMILES string of the molecule is Br.Cc1cccc(NCc2cccc(Oc3ccccc3)c2)c1C. The van der Waals surface area contributed by atoms with E-state index in [1.165, 1.54) is 22.4 Å². The van der Waals surface area contributed by atoms with Crippen LogP contribution in [-0.2, 0) is 6.54 Å². The third-order valence-corrected chi connectivity index (χ3v) is 3.96. The second-order valence-corrected chi connectivity index (χ2v) is 5.66. The van der Waals surface area contributed by atoms with Gasteiger partial charge in [-0.1, -0.05) is 42.5 Å². The van der Waals surface area contributed by atoms with Crippen LogP contribution in [0.1, 0.15) is 16.7 Å². The highest BCUT2D eigenvalue weighted by Gasteiger charge is 2.02. The van der Waals surface area contributed by atoms with E-state index < -0.39 is 0 Å². The van der Waals surface area contributed by atoms with Crippen LogP contribution < -0.4 is 10.1 Å². The van der Waals surface area contributed by atoms with E-state index in [1.807, 2.05) is 42.5 Å². The molecule has 0 amide bonds. The molecule has 0 fully saturated rings. The highest BCUT2D eigenvalue weighted by Crippen LogP contribution is 2.23. The van der Waals surface area contributed by atoms with E-state index >= 15 is 0 Å². The van der Waals surface area contributed by atoms with E-state index in [0.29, 0.717) is 0 Å². The third-order valence-electron chi connectivity index (χ3n) is 3.96. The van der Waals surface area contributed by atoms with Gasteiger partial charge in [-0.3, -0.25) is 0 Å². The fraction of sp³-hybridized carbons (Fsp3) is 0.143. The number of rotatable bonds is 5. The molecule has 2 nitrogen and oxygen atoms in total. The van der Waals surface area contributed by atoms with E-state index in [1.54, 1.807) is 0 Å². The molecule has 0 atom stereocenters. The van der Waals surface area contributed by atoms with Gasteiger partial charge in [-0.2, -0.15) is 0 Å².